The van der Waals surface area contributed by atoms with Crippen LogP contribution in [0, 0.1) is 28.7 Å². The van der Waals surface area contributed by atoms with Gasteiger partial charge < -0.3 is 0 Å². The van der Waals surface area contributed by atoms with Crippen molar-refractivity contribution in [3.63, 3.8) is 0 Å². The second-order valence-electron chi connectivity index (χ2n) is 5.34. The smallest absolute Gasteiger partial charge is 0.285 e. The molecule has 132 valence electrons. The Hall–Kier alpha value is -3.20. The van der Waals surface area contributed by atoms with E-state index in [1.807, 2.05) is 0 Å². The SMILES string of the molecule is Cc1cccc(C(=O)Nc2nc(-c3cc(F)ccc3F)cs2)c1[N+](=O)[O-]. The summed E-state index contributed by atoms with van der Waals surface area (Å²) in [6.45, 7) is 1.53. The van der Waals surface area contributed by atoms with Crippen molar-refractivity contribution in [1.29, 1.82) is 0 Å². The minimum atomic E-state index is -0.707. The number of anilines is 1. The minimum Gasteiger partial charge on any atom is -0.298 e. The maximum atomic E-state index is 13.8. The number of hydrogen-bond donors (Lipinski definition) is 1. The van der Waals surface area contributed by atoms with E-state index in [0.717, 1.165) is 29.5 Å². The molecular formula is C17H11F2N3O3S. The van der Waals surface area contributed by atoms with Crippen molar-refractivity contribution in [3.05, 3.63) is 74.7 Å². The number of aryl methyl sites for hydroxylation is 1. The molecule has 1 heterocycles. The monoisotopic (exact) mass is 375 g/mol. The van der Waals surface area contributed by atoms with E-state index in [9.17, 15) is 23.7 Å². The number of carbonyl (C=O) groups is 1. The van der Waals surface area contributed by atoms with Crippen molar-refractivity contribution in [2.24, 2.45) is 0 Å². The van der Waals surface area contributed by atoms with E-state index in [-0.39, 0.29) is 27.6 Å². The highest BCUT2D eigenvalue weighted by molar-refractivity contribution is 7.14. The molecule has 26 heavy (non-hydrogen) atoms. The van der Waals surface area contributed by atoms with Gasteiger partial charge in [0, 0.05) is 16.5 Å². The van der Waals surface area contributed by atoms with Crippen molar-refractivity contribution in [1.82, 2.24) is 4.98 Å². The van der Waals surface area contributed by atoms with Crippen LogP contribution in [0.5, 0.6) is 0 Å². The van der Waals surface area contributed by atoms with Crippen molar-refractivity contribution >= 4 is 28.1 Å². The molecule has 0 radical (unpaired) electrons. The molecule has 0 fully saturated rings. The number of nitro groups is 1. The number of nitrogens with one attached hydrogen (secondary N) is 1. The van der Waals surface area contributed by atoms with Crippen molar-refractivity contribution in [2.45, 2.75) is 6.92 Å². The molecule has 6 nitrogen and oxygen atoms in total. The first-order chi connectivity index (χ1) is 12.4. The summed E-state index contributed by atoms with van der Waals surface area (Å²) in [4.78, 5) is 27.0. The highest BCUT2D eigenvalue weighted by atomic mass is 32.1. The van der Waals surface area contributed by atoms with Crippen LogP contribution >= 0.6 is 11.3 Å². The molecule has 1 N–H and O–H groups in total. The summed E-state index contributed by atoms with van der Waals surface area (Å²) in [6, 6.07) is 7.38. The summed E-state index contributed by atoms with van der Waals surface area (Å²) in [5, 5.41) is 15.2. The Labute approximate surface area is 150 Å². The molecule has 9 heteroatoms. The lowest BCUT2D eigenvalue weighted by Crippen LogP contribution is -2.14. The molecule has 0 saturated heterocycles. The van der Waals surface area contributed by atoms with Crippen LogP contribution in [0.2, 0.25) is 0 Å². The average Bonchev–Trinajstić information content (AvgIpc) is 3.04. The van der Waals surface area contributed by atoms with E-state index >= 15 is 0 Å². The highest BCUT2D eigenvalue weighted by Gasteiger charge is 2.23. The molecule has 3 rings (SSSR count). The predicted octanol–water partition coefficient (Wildman–Crippen LogP) is 4.56. The van der Waals surface area contributed by atoms with E-state index in [1.165, 1.54) is 30.5 Å². The van der Waals surface area contributed by atoms with Gasteiger partial charge in [0.1, 0.15) is 17.2 Å². The maximum absolute atomic E-state index is 13.8. The van der Waals surface area contributed by atoms with Crippen LogP contribution < -0.4 is 5.32 Å². The first-order valence-electron chi connectivity index (χ1n) is 7.33. The fourth-order valence-electron chi connectivity index (χ4n) is 2.40. The summed E-state index contributed by atoms with van der Waals surface area (Å²) in [5.41, 5.74) is 0.0651. The number of carbonyl (C=O) groups excluding carboxylic acids is 1. The van der Waals surface area contributed by atoms with E-state index < -0.39 is 22.5 Å². The minimum absolute atomic E-state index is 0.0386. The van der Waals surface area contributed by atoms with Gasteiger partial charge in [0.05, 0.1) is 10.6 Å². The molecule has 3 aromatic rings. The second-order valence-corrected chi connectivity index (χ2v) is 6.20. The Morgan fingerprint density at radius 2 is 2.04 bits per heavy atom. The van der Waals surface area contributed by atoms with Crippen LogP contribution in [0.4, 0.5) is 19.6 Å². The van der Waals surface area contributed by atoms with Crippen LogP contribution in [-0.4, -0.2) is 15.8 Å². The molecule has 2 aromatic carbocycles. The molecule has 0 unspecified atom stereocenters. The molecule has 0 bridgehead atoms. The number of benzene rings is 2. The third-order valence-corrected chi connectivity index (χ3v) is 4.35. The third kappa shape index (κ3) is 3.42. The lowest BCUT2D eigenvalue weighted by Gasteiger charge is -2.05. The Morgan fingerprint density at radius 1 is 1.27 bits per heavy atom. The number of rotatable bonds is 4. The highest BCUT2D eigenvalue weighted by Crippen LogP contribution is 2.29. The first-order valence-corrected chi connectivity index (χ1v) is 8.21. The number of thiazole rings is 1. The van der Waals surface area contributed by atoms with Crippen molar-refractivity contribution in [2.75, 3.05) is 5.32 Å². The van der Waals surface area contributed by atoms with E-state index in [0.29, 0.717) is 5.56 Å². The summed E-state index contributed by atoms with van der Waals surface area (Å²) in [5.74, 6) is -1.97. The Bertz CT molecular complexity index is 1020. The zero-order valence-electron chi connectivity index (χ0n) is 13.3. The first kappa shape index (κ1) is 17.6. The Morgan fingerprint density at radius 3 is 2.77 bits per heavy atom. The number of nitrogens with zero attached hydrogens (tertiary/aromatic N) is 2. The van der Waals surface area contributed by atoms with Crippen LogP contribution in [-0.2, 0) is 0 Å². The van der Waals surface area contributed by atoms with Gasteiger partial charge in [-0.1, -0.05) is 12.1 Å². The van der Waals surface area contributed by atoms with Gasteiger partial charge in [-0.3, -0.25) is 20.2 Å². The second kappa shape index (κ2) is 6.96. The third-order valence-electron chi connectivity index (χ3n) is 3.59. The van der Waals surface area contributed by atoms with Gasteiger partial charge in [0.25, 0.3) is 11.6 Å². The van der Waals surface area contributed by atoms with Crippen molar-refractivity contribution in [3.8, 4) is 11.3 Å². The summed E-state index contributed by atoms with van der Waals surface area (Å²) < 4.78 is 27.1. The zero-order valence-corrected chi connectivity index (χ0v) is 14.1. The molecule has 0 aliphatic carbocycles. The fraction of sp³-hybridized carbons (Fsp3) is 0.0588. The number of para-hydroxylation sites is 1. The van der Waals surface area contributed by atoms with Gasteiger partial charge >= 0.3 is 0 Å². The van der Waals surface area contributed by atoms with Gasteiger partial charge in [0.15, 0.2) is 5.13 Å². The molecule has 0 aliphatic rings. The Balaban J connectivity index is 1.89. The lowest BCUT2D eigenvalue weighted by molar-refractivity contribution is -0.385. The summed E-state index contributed by atoms with van der Waals surface area (Å²) in [6.07, 6.45) is 0. The number of hydrogen-bond acceptors (Lipinski definition) is 5. The molecule has 0 saturated carbocycles. The lowest BCUT2D eigenvalue weighted by atomic mass is 10.1. The number of aromatic nitrogens is 1. The van der Waals surface area contributed by atoms with Gasteiger partial charge in [-0.25, -0.2) is 13.8 Å². The van der Waals surface area contributed by atoms with Gasteiger partial charge in [-0.05, 0) is 31.2 Å². The fourth-order valence-corrected chi connectivity index (χ4v) is 3.10. The van der Waals surface area contributed by atoms with E-state index in [4.69, 9.17) is 0 Å². The average molecular weight is 375 g/mol. The molecular weight excluding hydrogens is 364 g/mol. The molecule has 0 spiro atoms. The molecule has 1 aromatic heterocycles. The maximum Gasteiger partial charge on any atom is 0.285 e. The van der Waals surface area contributed by atoms with Crippen LogP contribution in [0.1, 0.15) is 15.9 Å². The van der Waals surface area contributed by atoms with Gasteiger partial charge in [-0.2, -0.15) is 0 Å². The van der Waals surface area contributed by atoms with E-state index in [1.54, 1.807) is 0 Å². The van der Waals surface area contributed by atoms with Crippen LogP contribution in [0.3, 0.4) is 0 Å². The van der Waals surface area contributed by atoms with Crippen LogP contribution in [0.25, 0.3) is 11.3 Å². The number of nitro benzene ring substituents is 1. The standard InChI is InChI=1S/C17H11F2N3O3S/c1-9-3-2-4-11(15(9)22(24)25)16(23)21-17-20-14(8-26-17)12-7-10(18)5-6-13(12)19/h2-8H,1H3,(H,20,21,23). The van der Waals surface area contributed by atoms with E-state index in [2.05, 4.69) is 10.3 Å². The topological polar surface area (TPSA) is 85.1 Å². The molecule has 0 aliphatic heterocycles. The van der Waals surface area contributed by atoms with Gasteiger partial charge in [-0.15, -0.1) is 11.3 Å². The van der Waals surface area contributed by atoms with Gasteiger partial charge in [0.2, 0.25) is 0 Å². The molecule has 0 atom stereocenters. The zero-order chi connectivity index (χ0) is 18.8. The summed E-state index contributed by atoms with van der Waals surface area (Å²) >= 11 is 0.998. The largest absolute Gasteiger partial charge is 0.298 e. The number of halogens is 2. The van der Waals surface area contributed by atoms with Crippen molar-refractivity contribution < 1.29 is 18.5 Å². The Kier molecular flexibility index (Phi) is 4.72. The predicted molar refractivity (Wildman–Crippen MR) is 93.3 cm³/mol. The molecule has 1 amide bonds. The number of amides is 1. The normalized spacial score (nSPS) is 10.6. The van der Waals surface area contributed by atoms with Crippen LogP contribution in [0.15, 0.2) is 41.8 Å². The summed E-state index contributed by atoms with van der Waals surface area (Å²) in [7, 11) is 0. The quantitative estimate of drug-likeness (QED) is 0.535.